The van der Waals surface area contributed by atoms with E-state index in [2.05, 4.69) is 25.9 Å². The van der Waals surface area contributed by atoms with E-state index < -0.39 is 11.6 Å². The van der Waals surface area contributed by atoms with Gasteiger partial charge in [0.15, 0.2) is 5.82 Å². The molecule has 6 heteroatoms. The van der Waals surface area contributed by atoms with Crippen molar-refractivity contribution in [2.45, 2.75) is 0 Å². The van der Waals surface area contributed by atoms with E-state index in [0.717, 1.165) is 12.1 Å². The number of aromatic nitrogens is 2. The third-order valence-electron chi connectivity index (χ3n) is 1.96. The van der Waals surface area contributed by atoms with E-state index in [0.29, 0.717) is 10.3 Å². The van der Waals surface area contributed by atoms with Gasteiger partial charge >= 0.3 is 0 Å². The van der Waals surface area contributed by atoms with Crippen LogP contribution in [0.25, 0.3) is 11.3 Å². The predicted octanol–water partition coefficient (Wildman–Crippen LogP) is 2.77. The average Bonchev–Trinajstić information content (AvgIpc) is 2.22. The lowest BCUT2D eigenvalue weighted by atomic mass is 10.1. The number of hydrogen-bond donors (Lipinski definition) is 1. The van der Waals surface area contributed by atoms with Gasteiger partial charge < -0.3 is 5.73 Å². The lowest BCUT2D eigenvalue weighted by Gasteiger charge is -2.03. The van der Waals surface area contributed by atoms with Crippen molar-refractivity contribution in [3.63, 3.8) is 0 Å². The van der Waals surface area contributed by atoms with Crippen LogP contribution in [0.2, 0.25) is 0 Å². The van der Waals surface area contributed by atoms with Gasteiger partial charge in [0.05, 0.1) is 11.9 Å². The number of hydrogen-bond acceptors (Lipinski definition) is 3. The number of benzene rings is 1. The van der Waals surface area contributed by atoms with Crippen LogP contribution in [0.4, 0.5) is 14.6 Å². The van der Waals surface area contributed by atoms with E-state index >= 15 is 0 Å². The molecule has 0 aliphatic heterocycles. The number of rotatable bonds is 1. The van der Waals surface area contributed by atoms with Gasteiger partial charge in [0.1, 0.15) is 16.2 Å². The maximum atomic E-state index is 13.4. The molecule has 2 rings (SSSR count). The first-order chi connectivity index (χ1) is 7.58. The second-order valence-corrected chi connectivity index (χ2v) is 3.81. The minimum atomic E-state index is -0.689. The third kappa shape index (κ3) is 2.01. The Balaban J connectivity index is 2.54. The first-order valence-electron chi connectivity index (χ1n) is 4.31. The van der Waals surface area contributed by atoms with Gasteiger partial charge in [0, 0.05) is 11.6 Å². The van der Waals surface area contributed by atoms with Crippen molar-refractivity contribution in [3.8, 4) is 11.3 Å². The Hall–Kier alpha value is -1.56. The van der Waals surface area contributed by atoms with E-state index in [9.17, 15) is 8.78 Å². The number of anilines is 1. The van der Waals surface area contributed by atoms with E-state index in [1.54, 1.807) is 0 Å². The van der Waals surface area contributed by atoms with Crippen molar-refractivity contribution < 1.29 is 8.78 Å². The Morgan fingerprint density at radius 1 is 1.25 bits per heavy atom. The molecule has 0 spiro atoms. The molecule has 0 radical (unpaired) electrons. The van der Waals surface area contributed by atoms with Crippen LogP contribution in [0.15, 0.2) is 29.0 Å². The number of nitrogens with zero attached hydrogens (tertiary/aromatic N) is 2. The van der Waals surface area contributed by atoms with Crippen molar-refractivity contribution in [2.24, 2.45) is 0 Å². The monoisotopic (exact) mass is 285 g/mol. The fraction of sp³-hybridized carbons (Fsp3) is 0. The molecule has 1 aromatic carbocycles. The normalized spacial score (nSPS) is 10.4. The summed E-state index contributed by atoms with van der Waals surface area (Å²) in [6, 6.07) is 3.25. The van der Waals surface area contributed by atoms with Crippen LogP contribution in [-0.4, -0.2) is 9.97 Å². The molecule has 0 aliphatic rings. The van der Waals surface area contributed by atoms with Crippen LogP contribution < -0.4 is 5.73 Å². The van der Waals surface area contributed by atoms with Gasteiger partial charge in [-0.1, -0.05) is 0 Å². The van der Waals surface area contributed by atoms with Gasteiger partial charge in [0.25, 0.3) is 0 Å². The van der Waals surface area contributed by atoms with Crippen LogP contribution in [0.3, 0.4) is 0 Å². The largest absolute Gasteiger partial charge is 0.381 e. The summed E-state index contributed by atoms with van der Waals surface area (Å²) in [5, 5.41) is 0. The first kappa shape index (κ1) is 10.9. The Morgan fingerprint density at radius 2 is 2.00 bits per heavy atom. The highest BCUT2D eigenvalue weighted by atomic mass is 79.9. The molecule has 1 aromatic heterocycles. The first-order valence-corrected chi connectivity index (χ1v) is 5.10. The average molecular weight is 286 g/mol. The maximum Gasteiger partial charge on any atom is 0.156 e. The highest BCUT2D eigenvalue weighted by molar-refractivity contribution is 9.10. The zero-order valence-corrected chi connectivity index (χ0v) is 9.50. The number of halogens is 3. The Labute approximate surface area is 98.5 Å². The lowest BCUT2D eigenvalue weighted by molar-refractivity contribution is 0.585. The molecule has 0 saturated heterocycles. The molecule has 0 bridgehead atoms. The zero-order chi connectivity index (χ0) is 11.7. The van der Waals surface area contributed by atoms with Crippen molar-refractivity contribution >= 4 is 21.7 Å². The van der Waals surface area contributed by atoms with Crippen molar-refractivity contribution in [2.75, 3.05) is 5.73 Å². The molecule has 0 aliphatic carbocycles. The SMILES string of the molecule is Nc1ncc(-c2ccc(F)cc2F)nc1Br. The van der Waals surface area contributed by atoms with Gasteiger partial charge in [-0.3, -0.25) is 0 Å². The summed E-state index contributed by atoms with van der Waals surface area (Å²) >= 11 is 3.09. The second kappa shape index (κ2) is 4.13. The van der Waals surface area contributed by atoms with E-state index in [-0.39, 0.29) is 11.4 Å². The van der Waals surface area contributed by atoms with Gasteiger partial charge in [-0.05, 0) is 28.1 Å². The Bertz CT molecular complexity index is 546. The molecule has 0 amide bonds. The van der Waals surface area contributed by atoms with Crippen molar-refractivity contribution in [1.82, 2.24) is 9.97 Å². The molecule has 2 N–H and O–H groups in total. The highest BCUT2D eigenvalue weighted by Gasteiger charge is 2.09. The van der Waals surface area contributed by atoms with Gasteiger partial charge in [0.2, 0.25) is 0 Å². The summed E-state index contributed by atoms with van der Waals surface area (Å²) in [7, 11) is 0. The van der Waals surface area contributed by atoms with E-state index in [1.165, 1.54) is 12.3 Å². The number of nitrogen functional groups attached to an aromatic ring is 1. The van der Waals surface area contributed by atoms with Gasteiger partial charge in [-0.25, -0.2) is 18.7 Å². The third-order valence-corrected chi connectivity index (χ3v) is 2.55. The fourth-order valence-electron chi connectivity index (χ4n) is 1.20. The fourth-order valence-corrected chi connectivity index (χ4v) is 1.50. The standard InChI is InChI=1S/C10H6BrF2N3/c11-9-10(14)15-4-8(16-9)6-2-1-5(12)3-7(6)13/h1-4H,(H2,14,15). The molecule has 3 nitrogen and oxygen atoms in total. The van der Waals surface area contributed by atoms with Crippen LogP contribution in [-0.2, 0) is 0 Å². The predicted molar refractivity (Wildman–Crippen MR) is 59.5 cm³/mol. The Morgan fingerprint density at radius 3 is 2.62 bits per heavy atom. The minimum Gasteiger partial charge on any atom is -0.381 e. The topological polar surface area (TPSA) is 51.8 Å². The molecule has 0 saturated carbocycles. The Kier molecular flexibility index (Phi) is 2.82. The molecule has 16 heavy (non-hydrogen) atoms. The molecule has 82 valence electrons. The summed E-state index contributed by atoms with van der Waals surface area (Å²) < 4.78 is 26.4. The van der Waals surface area contributed by atoms with Crippen LogP contribution in [0, 0.1) is 11.6 Å². The summed E-state index contributed by atoms with van der Waals surface area (Å²) in [5.74, 6) is -1.11. The van der Waals surface area contributed by atoms with Gasteiger partial charge in [-0.2, -0.15) is 0 Å². The van der Waals surface area contributed by atoms with Crippen molar-refractivity contribution in [1.29, 1.82) is 0 Å². The summed E-state index contributed by atoms with van der Waals surface area (Å²) in [5.41, 5.74) is 5.92. The van der Waals surface area contributed by atoms with Crippen molar-refractivity contribution in [3.05, 3.63) is 40.6 Å². The maximum absolute atomic E-state index is 13.4. The highest BCUT2D eigenvalue weighted by Crippen LogP contribution is 2.24. The molecular formula is C10H6BrF2N3. The van der Waals surface area contributed by atoms with E-state index in [1.807, 2.05) is 0 Å². The molecule has 2 aromatic rings. The van der Waals surface area contributed by atoms with Crippen LogP contribution in [0.1, 0.15) is 0 Å². The quantitative estimate of drug-likeness (QED) is 0.877. The van der Waals surface area contributed by atoms with Crippen LogP contribution in [0.5, 0.6) is 0 Å². The molecule has 0 unspecified atom stereocenters. The lowest BCUT2D eigenvalue weighted by Crippen LogP contribution is -1.97. The molecule has 0 fully saturated rings. The minimum absolute atomic E-state index is 0.176. The van der Waals surface area contributed by atoms with Gasteiger partial charge in [-0.15, -0.1) is 0 Å². The number of nitrogens with two attached hydrogens (primary N) is 1. The smallest absolute Gasteiger partial charge is 0.156 e. The summed E-state index contributed by atoms with van der Waals surface area (Å²) in [6.45, 7) is 0. The van der Waals surface area contributed by atoms with Crippen LogP contribution >= 0.6 is 15.9 Å². The second-order valence-electron chi connectivity index (χ2n) is 3.06. The molecule has 1 heterocycles. The van der Waals surface area contributed by atoms with E-state index in [4.69, 9.17) is 5.73 Å². The summed E-state index contributed by atoms with van der Waals surface area (Å²) in [4.78, 5) is 7.83. The zero-order valence-electron chi connectivity index (χ0n) is 7.92. The molecular weight excluding hydrogens is 280 g/mol. The summed E-state index contributed by atoms with van der Waals surface area (Å²) in [6.07, 6.45) is 1.33. The molecule has 0 atom stereocenters.